The van der Waals surface area contributed by atoms with Gasteiger partial charge in [-0.05, 0) is 104 Å². The Bertz CT molecular complexity index is 667. The molecule has 0 aromatic carbocycles. The van der Waals surface area contributed by atoms with Crippen molar-refractivity contribution in [2.24, 2.45) is 52.3 Å². The topological polar surface area (TPSA) is 57.5 Å². The average molecular weight is 431 g/mol. The van der Waals surface area contributed by atoms with Gasteiger partial charge in [-0.2, -0.15) is 0 Å². The third-order valence-electron chi connectivity index (χ3n) is 11.2. The molecule has 0 amide bonds. The van der Waals surface area contributed by atoms with Crippen LogP contribution < -0.4 is 0 Å². The molecule has 0 spiro atoms. The molecule has 3 heteroatoms. The zero-order valence-electron chi connectivity index (χ0n) is 20.2. The average Bonchev–Trinajstić information content (AvgIpc) is 3.09. The molecule has 0 saturated heterocycles. The Morgan fingerprint density at radius 1 is 0.935 bits per heavy atom. The van der Waals surface area contributed by atoms with Gasteiger partial charge < -0.3 is 10.2 Å². The van der Waals surface area contributed by atoms with Crippen molar-refractivity contribution in [3.05, 3.63) is 6.08 Å². The summed E-state index contributed by atoms with van der Waals surface area (Å²) in [7, 11) is 0. The maximum Gasteiger partial charge on any atom is 0.158 e. The molecule has 3 nitrogen and oxygen atoms in total. The van der Waals surface area contributed by atoms with Crippen LogP contribution in [0.2, 0.25) is 0 Å². The first kappa shape index (κ1) is 23.5. The maximum absolute atomic E-state index is 10.6. The lowest BCUT2D eigenvalue weighted by Crippen LogP contribution is -2.53. The molecule has 4 aliphatic carbocycles. The molecular formula is C28H46O3. The van der Waals surface area contributed by atoms with Crippen molar-refractivity contribution in [1.29, 1.82) is 0 Å². The van der Waals surface area contributed by atoms with Crippen molar-refractivity contribution in [3.8, 4) is 0 Å². The second-order valence-corrected chi connectivity index (χ2v) is 12.4. The summed E-state index contributed by atoms with van der Waals surface area (Å²) in [5.74, 6) is 6.59. The van der Waals surface area contributed by atoms with Gasteiger partial charge in [-0.25, -0.2) is 4.79 Å². The van der Waals surface area contributed by atoms with Gasteiger partial charge >= 0.3 is 0 Å². The number of fused-ring (bicyclic) bond motifs is 5. The number of hydrogen-bond acceptors (Lipinski definition) is 3. The molecule has 0 heterocycles. The monoisotopic (exact) mass is 430 g/mol. The van der Waals surface area contributed by atoms with E-state index in [4.69, 9.17) is 0 Å². The van der Waals surface area contributed by atoms with Crippen LogP contribution >= 0.6 is 0 Å². The van der Waals surface area contributed by atoms with Crippen LogP contribution in [0.25, 0.3) is 0 Å². The highest BCUT2D eigenvalue weighted by molar-refractivity contribution is 5.45. The Hall–Kier alpha value is -0.630. The van der Waals surface area contributed by atoms with Gasteiger partial charge in [-0.15, -0.1) is 0 Å². The Kier molecular flexibility index (Phi) is 7.07. The Labute approximate surface area is 190 Å². The predicted octanol–water partition coefficient (Wildman–Crippen LogP) is 6.16. The Morgan fingerprint density at radius 2 is 1.71 bits per heavy atom. The molecule has 4 saturated carbocycles. The summed E-state index contributed by atoms with van der Waals surface area (Å²) in [6.07, 6.45) is 17.1. The van der Waals surface area contributed by atoms with Crippen molar-refractivity contribution < 1.29 is 15.0 Å². The SMILES string of the molecule is C[C@H](CCCC(C=C=O)C(O)O)[C@H]1CC[C@H]2[C@@H]3CCC4CCCC[C@]4(C)[C@H]3CC[C@]12C. The summed E-state index contributed by atoms with van der Waals surface area (Å²) in [5, 5.41) is 18.9. The van der Waals surface area contributed by atoms with Crippen LogP contribution in [0.3, 0.4) is 0 Å². The van der Waals surface area contributed by atoms with Crippen molar-refractivity contribution in [2.45, 2.75) is 111 Å². The third kappa shape index (κ3) is 4.20. The number of aliphatic hydroxyl groups is 2. The van der Waals surface area contributed by atoms with E-state index in [1.165, 1.54) is 70.3 Å². The molecule has 2 unspecified atom stereocenters. The molecule has 4 rings (SSSR count). The second-order valence-electron chi connectivity index (χ2n) is 12.4. The molecule has 0 aromatic heterocycles. The number of carbonyl (C=O) groups excluding carboxylic acids is 1. The van der Waals surface area contributed by atoms with Crippen molar-refractivity contribution in [3.63, 3.8) is 0 Å². The predicted molar refractivity (Wildman–Crippen MR) is 125 cm³/mol. The van der Waals surface area contributed by atoms with Gasteiger partial charge in [0.1, 0.15) is 5.94 Å². The fourth-order valence-electron chi connectivity index (χ4n) is 9.55. The first-order valence-corrected chi connectivity index (χ1v) is 13.4. The maximum atomic E-state index is 10.6. The fourth-order valence-corrected chi connectivity index (χ4v) is 9.55. The van der Waals surface area contributed by atoms with Gasteiger partial charge in [0.05, 0.1) is 0 Å². The van der Waals surface area contributed by atoms with Crippen LogP contribution in [0.15, 0.2) is 6.08 Å². The summed E-state index contributed by atoms with van der Waals surface area (Å²) in [6.45, 7) is 7.74. The molecule has 0 radical (unpaired) electrons. The molecule has 176 valence electrons. The zero-order chi connectivity index (χ0) is 22.2. The van der Waals surface area contributed by atoms with Gasteiger partial charge in [0.2, 0.25) is 0 Å². The van der Waals surface area contributed by atoms with E-state index in [1.54, 1.807) is 5.94 Å². The highest BCUT2D eigenvalue weighted by Gasteiger charge is 2.60. The zero-order valence-corrected chi connectivity index (χ0v) is 20.2. The Morgan fingerprint density at radius 3 is 2.45 bits per heavy atom. The van der Waals surface area contributed by atoms with E-state index >= 15 is 0 Å². The van der Waals surface area contributed by atoms with Crippen molar-refractivity contribution in [1.82, 2.24) is 0 Å². The first-order chi connectivity index (χ1) is 14.8. The second kappa shape index (κ2) is 9.32. The van der Waals surface area contributed by atoms with Crippen molar-refractivity contribution >= 4 is 5.94 Å². The standard InChI is InChI=1S/C28H46O3/c1-19(7-6-8-20(15-18-29)26(30)31)23-12-13-24-22-11-10-21-9-4-5-16-27(21,2)25(22)14-17-28(23,24)3/h15,19-26,30-31H,4-14,16-17H2,1-3H3/t19-,20?,21?,22+,23-,24+,25+,27+,28-/m1/s1. The quantitative estimate of drug-likeness (QED) is 0.376. The molecule has 31 heavy (non-hydrogen) atoms. The van der Waals surface area contributed by atoms with Crippen LogP contribution in [-0.4, -0.2) is 22.4 Å². The summed E-state index contributed by atoms with van der Waals surface area (Å²) >= 11 is 0. The number of aliphatic hydroxyl groups excluding tert-OH is 1. The van der Waals surface area contributed by atoms with E-state index in [0.29, 0.717) is 23.2 Å². The van der Waals surface area contributed by atoms with E-state index in [9.17, 15) is 15.0 Å². The molecule has 4 aliphatic rings. The van der Waals surface area contributed by atoms with Gasteiger partial charge in [0, 0.05) is 12.0 Å². The van der Waals surface area contributed by atoms with Crippen LogP contribution in [-0.2, 0) is 4.79 Å². The van der Waals surface area contributed by atoms with Crippen LogP contribution in [0.5, 0.6) is 0 Å². The number of rotatable bonds is 7. The van der Waals surface area contributed by atoms with Crippen LogP contribution in [0, 0.1) is 52.3 Å². The molecule has 4 fully saturated rings. The lowest BCUT2D eigenvalue weighted by atomic mass is 9.44. The molecule has 0 bridgehead atoms. The fraction of sp³-hybridized carbons (Fsp3) is 0.929. The lowest BCUT2D eigenvalue weighted by Gasteiger charge is -2.61. The van der Waals surface area contributed by atoms with Gasteiger partial charge in [0.25, 0.3) is 0 Å². The third-order valence-corrected chi connectivity index (χ3v) is 11.2. The number of hydrogen-bond donors (Lipinski definition) is 2. The summed E-state index contributed by atoms with van der Waals surface area (Å²) in [6, 6.07) is 0. The van der Waals surface area contributed by atoms with Crippen LogP contribution in [0.4, 0.5) is 0 Å². The van der Waals surface area contributed by atoms with Crippen LogP contribution in [0.1, 0.15) is 104 Å². The molecule has 9 atom stereocenters. The minimum atomic E-state index is -1.45. The van der Waals surface area contributed by atoms with Gasteiger partial charge in [-0.3, -0.25) is 0 Å². The lowest BCUT2D eigenvalue weighted by molar-refractivity contribution is -0.114. The van der Waals surface area contributed by atoms with Gasteiger partial charge in [0.15, 0.2) is 6.29 Å². The van der Waals surface area contributed by atoms with E-state index in [2.05, 4.69) is 20.8 Å². The minimum Gasteiger partial charge on any atom is -0.368 e. The molecule has 2 N–H and O–H groups in total. The molecule has 0 aliphatic heterocycles. The molecular weight excluding hydrogens is 384 g/mol. The highest BCUT2D eigenvalue weighted by Crippen LogP contribution is 2.68. The molecule has 0 aromatic rings. The van der Waals surface area contributed by atoms with Crippen molar-refractivity contribution in [2.75, 3.05) is 0 Å². The largest absolute Gasteiger partial charge is 0.368 e. The Balaban J connectivity index is 1.40. The normalized spacial score (nSPS) is 44.0. The summed E-state index contributed by atoms with van der Waals surface area (Å²) in [5.41, 5.74) is 1.12. The van der Waals surface area contributed by atoms with E-state index in [1.807, 2.05) is 0 Å². The highest BCUT2D eigenvalue weighted by atomic mass is 16.5. The summed E-state index contributed by atoms with van der Waals surface area (Å²) < 4.78 is 0. The first-order valence-electron chi connectivity index (χ1n) is 13.4. The minimum absolute atomic E-state index is 0.474. The van der Waals surface area contributed by atoms with E-state index in [0.717, 1.165) is 42.4 Å². The van der Waals surface area contributed by atoms with E-state index < -0.39 is 12.2 Å². The smallest absolute Gasteiger partial charge is 0.158 e. The summed E-state index contributed by atoms with van der Waals surface area (Å²) in [4.78, 5) is 10.6. The van der Waals surface area contributed by atoms with E-state index in [-0.39, 0.29) is 0 Å². The van der Waals surface area contributed by atoms with Gasteiger partial charge in [-0.1, -0.05) is 46.5 Å².